The van der Waals surface area contributed by atoms with Gasteiger partial charge in [-0.05, 0) is 40.7 Å². The number of nitrogens with one attached hydrogen (secondary N) is 1. The van der Waals surface area contributed by atoms with Gasteiger partial charge in [-0.25, -0.2) is 8.78 Å². The largest absolute Gasteiger partial charge is 0.469 e. The lowest BCUT2D eigenvalue weighted by Crippen LogP contribution is -2.24. The SMILES string of the molecule is CCNC(c1ccoc1CC)c1c(F)ccc(Br)c1F. The van der Waals surface area contributed by atoms with Crippen LogP contribution in [0.5, 0.6) is 0 Å². The fraction of sp³-hybridized carbons (Fsp3) is 0.333. The van der Waals surface area contributed by atoms with E-state index in [-0.39, 0.29) is 10.0 Å². The summed E-state index contributed by atoms with van der Waals surface area (Å²) in [6.45, 7) is 4.43. The van der Waals surface area contributed by atoms with Crippen molar-refractivity contribution in [3.63, 3.8) is 0 Å². The normalized spacial score (nSPS) is 12.7. The van der Waals surface area contributed by atoms with Gasteiger partial charge in [0, 0.05) is 17.5 Å². The molecule has 1 heterocycles. The van der Waals surface area contributed by atoms with Crippen molar-refractivity contribution in [2.45, 2.75) is 26.3 Å². The van der Waals surface area contributed by atoms with Gasteiger partial charge in [0.1, 0.15) is 17.4 Å². The minimum atomic E-state index is -0.584. The second kappa shape index (κ2) is 6.50. The van der Waals surface area contributed by atoms with Crippen LogP contribution in [0.1, 0.15) is 36.8 Å². The highest BCUT2D eigenvalue weighted by molar-refractivity contribution is 9.10. The minimum absolute atomic E-state index is 0.0114. The number of hydrogen-bond acceptors (Lipinski definition) is 2. The van der Waals surface area contributed by atoms with Crippen molar-refractivity contribution in [3.8, 4) is 0 Å². The van der Waals surface area contributed by atoms with E-state index in [9.17, 15) is 8.78 Å². The maximum absolute atomic E-state index is 14.3. The Morgan fingerprint density at radius 3 is 2.65 bits per heavy atom. The van der Waals surface area contributed by atoms with E-state index >= 15 is 0 Å². The van der Waals surface area contributed by atoms with Gasteiger partial charge in [0.25, 0.3) is 0 Å². The Balaban J connectivity index is 2.57. The van der Waals surface area contributed by atoms with Gasteiger partial charge in [0.2, 0.25) is 0 Å². The second-order valence-corrected chi connectivity index (χ2v) is 5.25. The van der Waals surface area contributed by atoms with E-state index in [0.29, 0.717) is 13.0 Å². The molecule has 1 aromatic heterocycles. The third-order valence-electron chi connectivity index (χ3n) is 3.19. The Bertz CT molecular complexity index is 598. The van der Waals surface area contributed by atoms with Crippen LogP contribution >= 0.6 is 15.9 Å². The van der Waals surface area contributed by atoms with E-state index in [4.69, 9.17) is 4.42 Å². The molecule has 0 aliphatic heterocycles. The van der Waals surface area contributed by atoms with Crippen LogP contribution < -0.4 is 5.32 Å². The lowest BCUT2D eigenvalue weighted by atomic mass is 9.97. The lowest BCUT2D eigenvalue weighted by Gasteiger charge is -2.20. The molecule has 2 nitrogen and oxygen atoms in total. The summed E-state index contributed by atoms with van der Waals surface area (Å²) in [6, 6.07) is 3.82. The number of aryl methyl sites for hydroxylation is 1. The zero-order chi connectivity index (χ0) is 14.7. The number of hydrogen-bond donors (Lipinski definition) is 1. The molecule has 1 atom stereocenters. The molecule has 0 amide bonds. The average Bonchev–Trinajstić information content (AvgIpc) is 2.90. The molecule has 0 bridgehead atoms. The predicted molar refractivity (Wildman–Crippen MR) is 77.7 cm³/mol. The maximum atomic E-state index is 14.3. The molecule has 5 heteroatoms. The van der Waals surface area contributed by atoms with Crippen LogP contribution in [0.4, 0.5) is 8.78 Å². The highest BCUT2D eigenvalue weighted by atomic mass is 79.9. The third-order valence-corrected chi connectivity index (χ3v) is 3.80. The van der Waals surface area contributed by atoms with E-state index < -0.39 is 17.7 Å². The fourth-order valence-electron chi connectivity index (χ4n) is 2.27. The molecule has 0 saturated carbocycles. The van der Waals surface area contributed by atoms with Crippen LogP contribution in [-0.2, 0) is 6.42 Å². The minimum Gasteiger partial charge on any atom is -0.469 e. The van der Waals surface area contributed by atoms with E-state index in [1.165, 1.54) is 12.1 Å². The molecule has 1 aromatic carbocycles. The number of benzene rings is 1. The fourth-order valence-corrected chi connectivity index (χ4v) is 2.62. The highest BCUT2D eigenvalue weighted by Crippen LogP contribution is 2.32. The first-order valence-corrected chi connectivity index (χ1v) is 7.32. The molecular formula is C15H16BrF2NO. The van der Waals surface area contributed by atoms with Gasteiger partial charge >= 0.3 is 0 Å². The molecule has 0 saturated heterocycles. The molecule has 108 valence electrons. The molecule has 2 aromatic rings. The van der Waals surface area contributed by atoms with Crippen molar-refractivity contribution >= 4 is 15.9 Å². The summed E-state index contributed by atoms with van der Waals surface area (Å²) in [5.74, 6) is -0.422. The topological polar surface area (TPSA) is 25.2 Å². The molecule has 0 spiro atoms. The van der Waals surface area contributed by atoms with Crippen LogP contribution in [0, 0.1) is 11.6 Å². The summed E-state index contributed by atoms with van der Waals surface area (Å²) >= 11 is 3.11. The van der Waals surface area contributed by atoms with Crippen molar-refractivity contribution < 1.29 is 13.2 Å². The molecule has 20 heavy (non-hydrogen) atoms. The van der Waals surface area contributed by atoms with Crippen LogP contribution in [-0.4, -0.2) is 6.54 Å². The Labute approximate surface area is 125 Å². The lowest BCUT2D eigenvalue weighted by molar-refractivity contribution is 0.483. The van der Waals surface area contributed by atoms with Gasteiger partial charge in [-0.1, -0.05) is 13.8 Å². The van der Waals surface area contributed by atoms with Gasteiger partial charge in [-0.3, -0.25) is 0 Å². The Kier molecular flexibility index (Phi) is 4.94. The quantitative estimate of drug-likeness (QED) is 0.803. The van der Waals surface area contributed by atoms with Gasteiger partial charge in [-0.2, -0.15) is 0 Å². The summed E-state index contributed by atoms with van der Waals surface area (Å²) in [5, 5.41) is 3.12. The Morgan fingerprint density at radius 2 is 2.00 bits per heavy atom. The molecule has 1 unspecified atom stereocenters. The number of rotatable bonds is 5. The van der Waals surface area contributed by atoms with Gasteiger partial charge in [-0.15, -0.1) is 0 Å². The Hall–Kier alpha value is -1.20. The van der Waals surface area contributed by atoms with E-state index in [0.717, 1.165) is 11.3 Å². The van der Waals surface area contributed by atoms with Gasteiger partial charge in [0.05, 0.1) is 16.8 Å². The second-order valence-electron chi connectivity index (χ2n) is 4.40. The molecule has 0 aliphatic carbocycles. The molecule has 0 radical (unpaired) electrons. The van der Waals surface area contributed by atoms with Crippen molar-refractivity contribution in [3.05, 3.63) is 57.5 Å². The Morgan fingerprint density at radius 1 is 1.25 bits per heavy atom. The van der Waals surface area contributed by atoms with Crippen LogP contribution in [0.25, 0.3) is 0 Å². The zero-order valence-corrected chi connectivity index (χ0v) is 12.9. The summed E-state index contributed by atoms with van der Waals surface area (Å²) < 4.78 is 34.0. The maximum Gasteiger partial charge on any atom is 0.145 e. The van der Waals surface area contributed by atoms with Gasteiger partial charge in [0.15, 0.2) is 0 Å². The van der Waals surface area contributed by atoms with E-state index in [2.05, 4.69) is 21.2 Å². The smallest absolute Gasteiger partial charge is 0.145 e. The molecule has 0 fully saturated rings. The summed E-state index contributed by atoms with van der Waals surface area (Å²) in [4.78, 5) is 0. The third kappa shape index (κ3) is 2.79. The van der Waals surface area contributed by atoms with Crippen molar-refractivity contribution in [2.75, 3.05) is 6.54 Å². The van der Waals surface area contributed by atoms with Crippen molar-refractivity contribution in [1.82, 2.24) is 5.32 Å². The first-order chi connectivity index (χ1) is 9.60. The summed E-state index contributed by atoms with van der Waals surface area (Å²) in [6.07, 6.45) is 2.22. The standard InChI is InChI=1S/C15H16BrF2NO/c1-3-12-9(7-8-20-12)15(19-4-2)13-11(17)6-5-10(16)14(13)18/h5-8,15,19H,3-4H2,1-2H3. The first kappa shape index (κ1) is 15.2. The van der Waals surface area contributed by atoms with Crippen LogP contribution in [0.15, 0.2) is 33.4 Å². The van der Waals surface area contributed by atoms with Gasteiger partial charge < -0.3 is 9.73 Å². The zero-order valence-electron chi connectivity index (χ0n) is 11.3. The summed E-state index contributed by atoms with van der Waals surface area (Å²) in [7, 11) is 0. The molecule has 1 N–H and O–H groups in total. The van der Waals surface area contributed by atoms with Crippen LogP contribution in [0.2, 0.25) is 0 Å². The predicted octanol–water partition coefficient (Wildman–Crippen LogP) is 4.58. The van der Waals surface area contributed by atoms with Crippen molar-refractivity contribution in [2.24, 2.45) is 0 Å². The molecule has 0 aliphatic rings. The molecular weight excluding hydrogens is 328 g/mol. The first-order valence-electron chi connectivity index (χ1n) is 6.53. The average molecular weight is 344 g/mol. The monoisotopic (exact) mass is 343 g/mol. The summed E-state index contributed by atoms with van der Waals surface area (Å²) in [5.41, 5.74) is 0.780. The number of furan rings is 1. The van der Waals surface area contributed by atoms with Crippen LogP contribution in [0.3, 0.4) is 0 Å². The van der Waals surface area contributed by atoms with Crippen molar-refractivity contribution in [1.29, 1.82) is 0 Å². The highest BCUT2D eigenvalue weighted by Gasteiger charge is 2.25. The van der Waals surface area contributed by atoms with E-state index in [1.54, 1.807) is 12.3 Å². The number of halogens is 3. The molecule has 2 rings (SSSR count). The van der Waals surface area contributed by atoms with E-state index in [1.807, 2.05) is 13.8 Å².